The van der Waals surface area contributed by atoms with Gasteiger partial charge in [0, 0.05) is 20.1 Å². The third-order valence-corrected chi connectivity index (χ3v) is 4.31. The summed E-state index contributed by atoms with van der Waals surface area (Å²) in [5.74, 6) is 0.731. The van der Waals surface area contributed by atoms with Crippen LogP contribution >= 0.6 is 0 Å². The minimum Gasteiger partial charge on any atom is -0.494 e. The van der Waals surface area contributed by atoms with Gasteiger partial charge in [-0.2, -0.15) is 0 Å². The molecule has 3 aromatic rings. The Morgan fingerprint density at radius 3 is 2.46 bits per heavy atom. The summed E-state index contributed by atoms with van der Waals surface area (Å²) in [6.07, 6.45) is 0.302. The summed E-state index contributed by atoms with van der Waals surface area (Å²) in [5, 5.41) is 2.88. The normalized spacial score (nSPS) is 10.8. The fourth-order valence-electron chi connectivity index (χ4n) is 3.00. The summed E-state index contributed by atoms with van der Waals surface area (Å²) < 4.78 is 8.70. The first-order valence-corrected chi connectivity index (χ1v) is 8.73. The predicted octanol–water partition coefficient (Wildman–Crippen LogP) is 2.10. The molecule has 3 rings (SSSR count). The molecule has 0 fully saturated rings. The molecular weight excluding hydrogens is 330 g/mol. The number of carbonyl (C=O) groups is 1. The van der Waals surface area contributed by atoms with Crippen LogP contribution in [0.25, 0.3) is 11.0 Å². The van der Waals surface area contributed by atoms with Gasteiger partial charge in [0.25, 0.3) is 0 Å². The Kier molecular flexibility index (Phi) is 5.41. The highest BCUT2D eigenvalue weighted by Crippen LogP contribution is 2.13. The van der Waals surface area contributed by atoms with Gasteiger partial charge >= 0.3 is 5.69 Å². The van der Waals surface area contributed by atoms with E-state index in [0.717, 1.165) is 22.3 Å². The molecule has 136 valence electrons. The van der Waals surface area contributed by atoms with Crippen molar-refractivity contribution in [3.63, 3.8) is 0 Å². The number of hydrogen-bond donors (Lipinski definition) is 1. The van der Waals surface area contributed by atoms with E-state index in [1.165, 1.54) is 0 Å². The number of aryl methyl sites for hydroxylation is 1. The first-order valence-electron chi connectivity index (χ1n) is 8.73. The third kappa shape index (κ3) is 3.79. The molecule has 1 amide bonds. The first-order chi connectivity index (χ1) is 12.6. The lowest BCUT2D eigenvalue weighted by Gasteiger charge is -2.07. The Morgan fingerprint density at radius 2 is 1.77 bits per heavy atom. The van der Waals surface area contributed by atoms with E-state index in [1.54, 1.807) is 16.2 Å². The number of para-hydroxylation sites is 2. The van der Waals surface area contributed by atoms with Crippen LogP contribution in [0.15, 0.2) is 53.3 Å². The number of aromatic nitrogens is 2. The zero-order valence-corrected chi connectivity index (χ0v) is 15.1. The SMILES string of the molecule is CCOc1ccc(CC(=O)NCCn2c(=O)n(C)c3ccccc32)cc1. The van der Waals surface area contributed by atoms with E-state index in [0.29, 0.717) is 26.1 Å². The van der Waals surface area contributed by atoms with Crippen LogP contribution in [-0.4, -0.2) is 28.2 Å². The van der Waals surface area contributed by atoms with Crippen molar-refractivity contribution in [2.45, 2.75) is 19.9 Å². The molecule has 0 saturated carbocycles. The second-order valence-electron chi connectivity index (χ2n) is 6.09. The number of ether oxygens (including phenoxy) is 1. The van der Waals surface area contributed by atoms with E-state index in [9.17, 15) is 9.59 Å². The Labute approximate surface area is 152 Å². The molecule has 1 heterocycles. The van der Waals surface area contributed by atoms with Crippen LogP contribution in [0.5, 0.6) is 5.75 Å². The molecule has 0 aliphatic rings. The zero-order chi connectivity index (χ0) is 18.5. The highest BCUT2D eigenvalue weighted by atomic mass is 16.5. The molecular formula is C20H23N3O3. The number of carbonyl (C=O) groups excluding carboxylic acids is 1. The van der Waals surface area contributed by atoms with Crippen LogP contribution in [-0.2, 0) is 24.8 Å². The fraction of sp³-hybridized carbons (Fsp3) is 0.300. The molecule has 0 unspecified atom stereocenters. The molecule has 0 atom stereocenters. The molecule has 1 aromatic heterocycles. The lowest BCUT2D eigenvalue weighted by Crippen LogP contribution is -2.32. The van der Waals surface area contributed by atoms with Gasteiger partial charge in [0.1, 0.15) is 5.75 Å². The molecule has 26 heavy (non-hydrogen) atoms. The van der Waals surface area contributed by atoms with Crippen molar-refractivity contribution in [2.75, 3.05) is 13.2 Å². The smallest absolute Gasteiger partial charge is 0.328 e. The Balaban J connectivity index is 1.57. The first kappa shape index (κ1) is 17.8. The quantitative estimate of drug-likeness (QED) is 0.707. The maximum atomic E-state index is 12.3. The lowest BCUT2D eigenvalue weighted by atomic mass is 10.1. The minimum atomic E-state index is -0.0769. The predicted molar refractivity (Wildman–Crippen MR) is 102 cm³/mol. The molecule has 0 aliphatic carbocycles. The number of fused-ring (bicyclic) bond motifs is 1. The lowest BCUT2D eigenvalue weighted by molar-refractivity contribution is -0.120. The Morgan fingerprint density at radius 1 is 1.08 bits per heavy atom. The van der Waals surface area contributed by atoms with E-state index < -0.39 is 0 Å². The van der Waals surface area contributed by atoms with Gasteiger partial charge in [-0.25, -0.2) is 4.79 Å². The monoisotopic (exact) mass is 353 g/mol. The molecule has 0 aliphatic heterocycles. The molecule has 0 radical (unpaired) electrons. The number of amides is 1. The number of nitrogens with zero attached hydrogens (tertiary/aromatic N) is 2. The van der Waals surface area contributed by atoms with Crippen molar-refractivity contribution in [3.05, 3.63) is 64.6 Å². The van der Waals surface area contributed by atoms with Crippen molar-refractivity contribution in [1.29, 1.82) is 0 Å². The molecule has 6 heteroatoms. The fourth-order valence-corrected chi connectivity index (χ4v) is 3.00. The standard InChI is InChI=1S/C20H23N3O3/c1-3-26-16-10-8-15(9-11-16)14-19(24)21-12-13-23-18-7-5-4-6-17(18)22(2)20(23)25/h4-11H,3,12-14H2,1-2H3,(H,21,24). The molecule has 2 aromatic carbocycles. The maximum Gasteiger partial charge on any atom is 0.328 e. The number of imidazole rings is 1. The van der Waals surface area contributed by atoms with Crippen LogP contribution < -0.4 is 15.7 Å². The Bertz CT molecular complexity index is 955. The summed E-state index contributed by atoms with van der Waals surface area (Å²) in [4.78, 5) is 24.5. The summed E-state index contributed by atoms with van der Waals surface area (Å²) in [5.41, 5.74) is 2.61. The number of hydrogen-bond acceptors (Lipinski definition) is 3. The van der Waals surface area contributed by atoms with E-state index in [-0.39, 0.29) is 11.6 Å². The molecule has 0 saturated heterocycles. The van der Waals surface area contributed by atoms with Gasteiger partial charge < -0.3 is 10.1 Å². The van der Waals surface area contributed by atoms with Crippen molar-refractivity contribution in [3.8, 4) is 5.75 Å². The Hall–Kier alpha value is -3.02. The van der Waals surface area contributed by atoms with E-state index in [4.69, 9.17) is 4.74 Å². The van der Waals surface area contributed by atoms with Crippen molar-refractivity contribution in [1.82, 2.24) is 14.5 Å². The van der Waals surface area contributed by atoms with E-state index in [2.05, 4.69) is 5.32 Å². The van der Waals surface area contributed by atoms with Crippen LogP contribution in [0.4, 0.5) is 0 Å². The number of benzene rings is 2. The van der Waals surface area contributed by atoms with Gasteiger partial charge in [0.2, 0.25) is 5.91 Å². The van der Waals surface area contributed by atoms with Gasteiger partial charge in [-0.1, -0.05) is 24.3 Å². The summed E-state index contributed by atoms with van der Waals surface area (Å²) in [6, 6.07) is 15.1. The summed E-state index contributed by atoms with van der Waals surface area (Å²) in [6.45, 7) is 3.40. The van der Waals surface area contributed by atoms with Gasteiger partial charge in [0.05, 0.1) is 24.1 Å². The minimum absolute atomic E-state index is 0.0672. The largest absolute Gasteiger partial charge is 0.494 e. The third-order valence-electron chi connectivity index (χ3n) is 4.31. The average Bonchev–Trinajstić information content (AvgIpc) is 2.89. The molecule has 6 nitrogen and oxygen atoms in total. The number of nitrogens with one attached hydrogen (secondary N) is 1. The maximum absolute atomic E-state index is 12.3. The average molecular weight is 353 g/mol. The van der Waals surface area contributed by atoms with Gasteiger partial charge in [0.15, 0.2) is 0 Å². The van der Waals surface area contributed by atoms with Crippen LogP contribution in [0.3, 0.4) is 0 Å². The van der Waals surface area contributed by atoms with E-state index >= 15 is 0 Å². The van der Waals surface area contributed by atoms with E-state index in [1.807, 2.05) is 55.5 Å². The number of rotatable bonds is 7. The molecule has 0 spiro atoms. The van der Waals surface area contributed by atoms with Crippen LogP contribution in [0.2, 0.25) is 0 Å². The van der Waals surface area contributed by atoms with Crippen molar-refractivity contribution >= 4 is 16.9 Å². The van der Waals surface area contributed by atoms with Gasteiger partial charge in [-0.05, 0) is 36.8 Å². The molecule has 1 N–H and O–H groups in total. The summed E-state index contributed by atoms with van der Waals surface area (Å²) >= 11 is 0. The van der Waals surface area contributed by atoms with Crippen molar-refractivity contribution < 1.29 is 9.53 Å². The highest BCUT2D eigenvalue weighted by Gasteiger charge is 2.10. The van der Waals surface area contributed by atoms with Crippen LogP contribution in [0, 0.1) is 0 Å². The highest BCUT2D eigenvalue weighted by molar-refractivity contribution is 5.78. The zero-order valence-electron chi connectivity index (χ0n) is 15.1. The second kappa shape index (κ2) is 7.91. The van der Waals surface area contributed by atoms with Crippen molar-refractivity contribution in [2.24, 2.45) is 7.05 Å². The summed E-state index contributed by atoms with van der Waals surface area (Å²) in [7, 11) is 1.76. The second-order valence-corrected chi connectivity index (χ2v) is 6.09. The van der Waals surface area contributed by atoms with Crippen LogP contribution in [0.1, 0.15) is 12.5 Å². The van der Waals surface area contributed by atoms with Gasteiger partial charge in [-0.15, -0.1) is 0 Å². The topological polar surface area (TPSA) is 65.3 Å². The molecule has 0 bridgehead atoms. The van der Waals surface area contributed by atoms with Gasteiger partial charge in [-0.3, -0.25) is 13.9 Å².